The van der Waals surface area contributed by atoms with E-state index in [1.807, 2.05) is 41.9 Å². The van der Waals surface area contributed by atoms with Gasteiger partial charge < -0.3 is 8.82 Å². The van der Waals surface area contributed by atoms with Gasteiger partial charge in [-0.2, -0.15) is 0 Å². The van der Waals surface area contributed by atoms with Crippen LogP contribution in [0.25, 0.3) is 16.4 Å². The molecule has 0 bridgehead atoms. The van der Waals surface area contributed by atoms with Crippen molar-refractivity contribution >= 4 is 17.0 Å². The standard InChI is InChI=1S/C20H21N5OS/c1-2-6-25-14-16(21-19(25)5-1)12-23-7-9-24(10-8-23)13-17-15-26-20(22-17)18-4-3-11-27-18/h1-6,11,14-15H,7-10,12-13H2. The molecule has 0 unspecified atom stereocenters. The van der Waals surface area contributed by atoms with Gasteiger partial charge in [-0.05, 0) is 23.6 Å². The first-order valence-corrected chi connectivity index (χ1v) is 10.1. The van der Waals surface area contributed by atoms with Crippen LogP contribution in [-0.4, -0.2) is 50.3 Å². The molecule has 0 aliphatic carbocycles. The van der Waals surface area contributed by atoms with Crippen LogP contribution in [0.5, 0.6) is 0 Å². The summed E-state index contributed by atoms with van der Waals surface area (Å²) in [6.45, 7) is 5.91. The Bertz CT molecular complexity index is 981. The van der Waals surface area contributed by atoms with Gasteiger partial charge >= 0.3 is 0 Å². The number of oxazole rings is 1. The van der Waals surface area contributed by atoms with Crippen molar-refractivity contribution in [3.63, 3.8) is 0 Å². The zero-order valence-electron chi connectivity index (χ0n) is 15.0. The fourth-order valence-corrected chi connectivity index (χ4v) is 4.18. The van der Waals surface area contributed by atoms with Crippen LogP contribution in [0.3, 0.4) is 0 Å². The summed E-state index contributed by atoms with van der Waals surface area (Å²) in [7, 11) is 0. The molecule has 7 heteroatoms. The van der Waals surface area contributed by atoms with Crippen molar-refractivity contribution in [2.75, 3.05) is 26.2 Å². The van der Waals surface area contributed by atoms with Crippen molar-refractivity contribution in [3.05, 3.63) is 65.8 Å². The molecule has 0 spiro atoms. The zero-order valence-corrected chi connectivity index (χ0v) is 15.8. The summed E-state index contributed by atoms with van der Waals surface area (Å²) in [6.07, 6.45) is 5.97. The highest BCUT2D eigenvalue weighted by Gasteiger charge is 2.19. The lowest BCUT2D eigenvalue weighted by molar-refractivity contribution is 0.120. The maximum Gasteiger partial charge on any atom is 0.236 e. The molecule has 4 aromatic heterocycles. The van der Waals surface area contributed by atoms with Crippen molar-refractivity contribution in [2.45, 2.75) is 13.1 Å². The van der Waals surface area contributed by atoms with Gasteiger partial charge in [0, 0.05) is 51.7 Å². The summed E-state index contributed by atoms with van der Waals surface area (Å²) >= 11 is 1.65. The van der Waals surface area contributed by atoms with Crippen molar-refractivity contribution in [3.8, 4) is 10.8 Å². The maximum atomic E-state index is 5.63. The average molecular weight is 379 g/mol. The normalized spacial score (nSPS) is 16.3. The predicted octanol–water partition coefficient (Wildman–Crippen LogP) is 3.37. The molecule has 1 saturated heterocycles. The lowest BCUT2D eigenvalue weighted by Crippen LogP contribution is -2.45. The van der Waals surface area contributed by atoms with Crippen LogP contribution in [0, 0.1) is 0 Å². The molecule has 5 heterocycles. The van der Waals surface area contributed by atoms with Gasteiger partial charge in [0.05, 0.1) is 16.3 Å². The van der Waals surface area contributed by atoms with Crippen LogP contribution in [-0.2, 0) is 13.1 Å². The fraction of sp³-hybridized carbons (Fsp3) is 0.300. The molecule has 1 fully saturated rings. The molecule has 0 amide bonds. The first-order chi connectivity index (χ1) is 13.3. The van der Waals surface area contributed by atoms with Crippen LogP contribution in [0.4, 0.5) is 0 Å². The lowest BCUT2D eigenvalue weighted by atomic mass is 10.3. The third-order valence-electron chi connectivity index (χ3n) is 4.93. The van der Waals surface area contributed by atoms with Crippen molar-refractivity contribution in [2.24, 2.45) is 0 Å². The van der Waals surface area contributed by atoms with Crippen LogP contribution >= 0.6 is 11.3 Å². The van der Waals surface area contributed by atoms with E-state index >= 15 is 0 Å². The molecule has 27 heavy (non-hydrogen) atoms. The minimum atomic E-state index is 0.727. The number of pyridine rings is 1. The van der Waals surface area contributed by atoms with Gasteiger partial charge in [0.2, 0.25) is 5.89 Å². The van der Waals surface area contributed by atoms with E-state index in [0.29, 0.717) is 0 Å². The molecule has 0 atom stereocenters. The van der Waals surface area contributed by atoms with Crippen LogP contribution in [0.15, 0.2) is 58.8 Å². The molecule has 0 N–H and O–H groups in total. The Labute approximate surface area is 161 Å². The Kier molecular flexibility index (Phi) is 4.49. The highest BCUT2D eigenvalue weighted by atomic mass is 32.1. The van der Waals surface area contributed by atoms with Gasteiger partial charge in [-0.15, -0.1) is 11.3 Å². The fourth-order valence-electron chi connectivity index (χ4n) is 3.52. The number of hydrogen-bond donors (Lipinski definition) is 0. The summed E-state index contributed by atoms with van der Waals surface area (Å²) in [5.41, 5.74) is 3.15. The van der Waals surface area contributed by atoms with Gasteiger partial charge in [0.25, 0.3) is 0 Å². The molecule has 0 aromatic carbocycles. The molecule has 5 rings (SSSR count). The number of imidazole rings is 1. The second-order valence-electron chi connectivity index (χ2n) is 6.87. The Morgan fingerprint density at radius 2 is 1.74 bits per heavy atom. The number of thiophene rings is 1. The largest absolute Gasteiger partial charge is 0.444 e. The quantitative estimate of drug-likeness (QED) is 0.532. The number of piperazine rings is 1. The van der Waals surface area contributed by atoms with E-state index in [-0.39, 0.29) is 0 Å². The summed E-state index contributed by atoms with van der Waals surface area (Å²) < 4.78 is 7.72. The highest BCUT2D eigenvalue weighted by Crippen LogP contribution is 2.24. The third kappa shape index (κ3) is 3.66. The van der Waals surface area contributed by atoms with Gasteiger partial charge in [0.15, 0.2) is 0 Å². The Balaban J connectivity index is 1.16. The Morgan fingerprint density at radius 1 is 0.926 bits per heavy atom. The minimum Gasteiger partial charge on any atom is -0.444 e. The van der Waals surface area contributed by atoms with Crippen molar-refractivity contribution in [1.82, 2.24) is 24.2 Å². The van der Waals surface area contributed by atoms with Crippen molar-refractivity contribution < 1.29 is 4.42 Å². The summed E-state index contributed by atoms with van der Waals surface area (Å²) in [5, 5.41) is 2.04. The van der Waals surface area contributed by atoms with E-state index in [4.69, 9.17) is 9.40 Å². The molecule has 4 aromatic rings. The zero-order chi connectivity index (χ0) is 18.1. The van der Waals surface area contributed by atoms with Crippen LogP contribution in [0.1, 0.15) is 11.4 Å². The smallest absolute Gasteiger partial charge is 0.236 e. The molecular weight excluding hydrogens is 358 g/mol. The number of nitrogens with zero attached hydrogens (tertiary/aromatic N) is 5. The molecule has 1 aliphatic heterocycles. The highest BCUT2D eigenvalue weighted by molar-refractivity contribution is 7.13. The number of fused-ring (bicyclic) bond motifs is 1. The second kappa shape index (κ2) is 7.26. The van der Waals surface area contributed by atoms with Crippen LogP contribution < -0.4 is 0 Å². The molecule has 6 nitrogen and oxygen atoms in total. The van der Waals surface area contributed by atoms with Gasteiger partial charge in [0.1, 0.15) is 11.9 Å². The van der Waals surface area contributed by atoms with Crippen LogP contribution in [0.2, 0.25) is 0 Å². The Morgan fingerprint density at radius 3 is 2.48 bits per heavy atom. The average Bonchev–Trinajstić information content (AvgIpc) is 3.43. The van der Waals surface area contributed by atoms with E-state index in [1.54, 1.807) is 17.6 Å². The maximum absolute atomic E-state index is 5.63. The topological polar surface area (TPSA) is 49.8 Å². The number of aromatic nitrogens is 3. The third-order valence-corrected chi connectivity index (χ3v) is 5.79. The predicted molar refractivity (Wildman–Crippen MR) is 106 cm³/mol. The van der Waals surface area contributed by atoms with Gasteiger partial charge in [-0.1, -0.05) is 12.1 Å². The molecular formula is C20H21N5OS. The van der Waals surface area contributed by atoms with Gasteiger partial charge in [-0.3, -0.25) is 9.80 Å². The lowest BCUT2D eigenvalue weighted by Gasteiger charge is -2.33. The molecule has 0 saturated carbocycles. The molecule has 1 aliphatic rings. The Hall–Kier alpha value is -2.48. The summed E-state index contributed by atoms with van der Waals surface area (Å²) in [6, 6.07) is 10.2. The molecule has 138 valence electrons. The second-order valence-corrected chi connectivity index (χ2v) is 7.82. The van der Waals surface area contributed by atoms with Crippen molar-refractivity contribution in [1.29, 1.82) is 0 Å². The van der Waals surface area contributed by atoms with Gasteiger partial charge in [-0.25, -0.2) is 9.97 Å². The monoisotopic (exact) mass is 379 g/mol. The molecule has 0 radical (unpaired) electrons. The first-order valence-electron chi connectivity index (χ1n) is 9.19. The van der Waals surface area contributed by atoms with E-state index in [2.05, 4.69) is 25.4 Å². The SMILES string of the molecule is c1csc(-c2nc(CN3CCN(Cc4cn5ccccc5n4)CC3)co2)c1. The first kappa shape index (κ1) is 16.7. The van der Waals surface area contributed by atoms with E-state index in [9.17, 15) is 0 Å². The minimum absolute atomic E-state index is 0.727. The summed E-state index contributed by atoms with van der Waals surface area (Å²) in [5.74, 6) is 0.727. The van der Waals surface area contributed by atoms with E-state index in [0.717, 1.165) is 67.1 Å². The van der Waals surface area contributed by atoms with E-state index in [1.165, 1.54) is 0 Å². The van der Waals surface area contributed by atoms with E-state index < -0.39 is 0 Å². The number of hydrogen-bond acceptors (Lipinski definition) is 6. The summed E-state index contributed by atoms with van der Waals surface area (Å²) in [4.78, 5) is 15.3. The number of rotatable bonds is 5.